The van der Waals surface area contributed by atoms with Gasteiger partial charge in [-0.2, -0.15) is 0 Å². The molecule has 0 spiro atoms. The van der Waals surface area contributed by atoms with Crippen LogP contribution in [0.4, 0.5) is 10.1 Å². The van der Waals surface area contributed by atoms with Crippen LogP contribution < -0.4 is 5.32 Å². The summed E-state index contributed by atoms with van der Waals surface area (Å²) in [6.07, 6.45) is -0.595. The molecule has 11 heteroatoms. The molecule has 0 bridgehead atoms. The van der Waals surface area contributed by atoms with Crippen LogP contribution in [0.2, 0.25) is 5.02 Å². The minimum Gasteiger partial charge on any atom is -0.480 e. The Labute approximate surface area is 152 Å². The first-order valence-electron chi connectivity index (χ1n) is 7.43. The number of hydrogen-bond donors (Lipinski definition) is 2. The van der Waals surface area contributed by atoms with E-state index >= 15 is 0 Å². The molecule has 1 rings (SSSR count). The molecule has 2 amide bonds. The molecule has 0 fully saturated rings. The number of halogens is 2. The van der Waals surface area contributed by atoms with Gasteiger partial charge in [-0.05, 0) is 13.0 Å². The summed E-state index contributed by atoms with van der Waals surface area (Å²) in [4.78, 5) is 45.8. The van der Waals surface area contributed by atoms with E-state index in [9.17, 15) is 28.9 Å². The number of amides is 2. The summed E-state index contributed by atoms with van der Waals surface area (Å²) in [6, 6.07) is 0.324. The third kappa shape index (κ3) is 5.66. The first-order valence-corrected chi connectivity index (χ1v) is 7.81. The Morgan fingerprint density at radius 1 is 1.42 bits per heavy atom. The lowest BCUT2D eigenvalue weighted by Crippen LogP contribution is -2.47. The van der Waals surface area contributed by atoms with Crippen molar-refractivity contribution in [3.63, 3.8) is 0 Å². The van der Waals surface area contributed by atoms with Gasteiger partial charge in [-0.3, -0.25) is 19.7 Å². The molecule has 0 aliphatic heterocycles. The van der Waals surface area contributed by atoms with Gasteiger partial charge in [0.1, 0.15) is 11.9 Å². The highest BCUT2D eigenvalue weighted by Gasteiger charge is 2.28. The number of nitrogens with one attached hydrogen (secondary N) is 1. The number of rotatable bonds is 8. The van der Waals surface area contributed by atoms with Crippen LogP contribution in [0.15, 0.2) is 12.1 Å². The highest BCUT2D eigenvalue weighted by molar-refractivity contribution is 6.31. The molecule has 9 nitrogen and oxygen atoms in total. The predicted octanol–water partition coefficient (Wildman–Crippen LogP) is 1.37. The second-order valence-corrected chi connectivity index (χ2v) is 5.82. The molecule has 0 radical (unpaired) electrons. The zero-order valence-corrected chi connectivity index (χ0v) is 14.7. The minimum atomic E-state index is -1.29. The van der Waals surface area contributed by atoms with Crippen LogP contribution in [0.5, 0.6) is 0 Å². The molecule has 0 saturated heterocycles. The van der Waals surface area contributed by atoms with E-state index in [2.05, 4.69) is 5.32 Å². The summed E-state index contributed by atoms with van der Waals surface area (Å²) in [5, 5.41) is 22.2. The summed E-state index contributed by atoms with van der Waals surface area (Å²) in [6.45, 7) is 2.38. The molecule has 1 atom stereocenters. The summed E-state index contributed by atoms with van der Waals surface area (Å²) in [5.74, 6) is -3.36. The van der Waals surface area contributed by atoms with Crippen LogP contribution in [-0.2, 0) is 20.8 Å². The molecule has 2 N–H and O–H groups in total. The van der Waals surface area contributed by atoms with E-state index in [1.807, 2.05) is 0 Å². The third-order valence-electron chi connectivity index (χ3n) is 3.53. The van der Waals surface area contributed by atoms with Crippen LogP contribution in [0, 0.1) is 15.9 Å². The van der Waals surface area contributed by atoms with E-state index in [1.54, 1.807) is 0 Å². The fraction of sp³-hybridized carbons (Fsp3) is 0.400. The van der Waals surface area contributed by atoms with Crippen molar-refractivity contribution in [2.24, 2.45) is 0 Å². The summed E-state index contributed by atoms with van der Waals surface area (Å²) >= 11 is 5.53. The Morgan fingerprint density at radius 3 is 2.54 bits per heavy atom. The standard InChI is InChI=1S/C15H17ClFN3O6/c1-8(15(23)24)19(4-3-18-9(2)21)14(22)6-10-5-12(17)11(16)7-13(10)20(25)26/h5,7-8H,3-4,6H2,1-2H3,(H,18,21)(H,23,24). The molecule has 1 aromatic rings. The van der Waals surface area contributed by atoms with E-state index in [0.717, 1.165) is 17.0 Å². The molecule has 0 aliphatic rings. The first kappa shape index (κ1) is 21.3. The summed E-state index contributed by atoms with van der Waals surface area (Å²) < 4.78 is 13.6. The highest BCUT2D eigenvalue weighted by atomic mass is 35.5. The van der Waals surface area contributed by atoms with Crippen molar-refractivity contribution >= 4 is 35.1 Å². The van der Waals surface area contributed by atoms with Gasteiger partial charge in [-0.25, -0.2) is 9.18 Å². The number of hydrogen-bond acceptors (Lipinski definition) is 5. The van der Waals surface area contributed by atoms with E-state index in [0.29, 0.717) is 0 Å². The Bertz CT molecular complexity index is 742. The topological polar surface area (TPSA) is 130 Å². The SMILES string of the molecule is CC(=O)NCCN(C(=O)Cc1cc(F)c(Cl)cc1[N+](=O)[O-])C(C)C(=O)O. The van der Waals surface area contributed by atoms with Crippen molar-refractivity contribution in [2.45, 2.75) is 26.3 Å². The van der Waals surface area contributed by atoms with Crippen molar-refractivity contribution in [3.8, 4) is 0 Å². The normalized spacial score (nSPS) is 11.5. The van der Waals surface area contributed by atoms with Gasteiger partial charge >= 0.3 is 5.97 Å². The first-order chi connectivity index (χ1) is 12.0. The molecule has 0 aliphatic carbocycles. The van der Waals surface area contributed by atoms with Crippen molar-refractivity contribution in [2.75, 3.05) is 13.1 Å². The molecule has 0 saturated carbocycles. The Balaban J connectivity index is 3.08. The highest BCUT2D eigenvalue weighted by Crippen LogP contribution is 2.27. The quantitative estimate of drug-likeness (QED) is 0.510. The number of nitro benzene ring substituents is 1. The van der Waals surface area contributed by atoms with Crippen molar-refractivity contribution in [1.29, 1.82) is 0 Å². The number of nitrogens with zero attached hydrogens (tertiary/aromatic N) is 2. The Hall–Kier alpha value is -2.75. The van der Waals surface area contributed by atoms with Gasteiger partial charge in [0.05, 0.1) is 16.4 Å². The van der Waals surface area contributed by atoms with Gasteiger partial charge in [0, 0.05) is 31.6 Å². The van der Waals surface area contributed by atoms with E-state index in [1.165, 1.54) is 13.8 Å². The van der Waals surface area contributed by atoms with Gasteiger partial charge < -0.3 is 15.3 Å². The second kappa shape index (κ2) is 9.09. The van der Waals surface area contributed by atoms with Gasteiger partial charge in [-0.1, -0.05) is 11.6 Å². The average Bonchev–Trinajstić information content (AvgIpc) is 2.53. The van der Waals surface area contributed by atoms with Crippen LogP contribution in [-0.4, -0.2) is 51.8 Å². The number of benzene rings is 1. The van der Waals surface area contributed by atoms with Crippen LogP contribution in [0.1, 0.15) is 19.4 Å². The second-order valence-electron chi connectivity index (χ2n) is 5.41. The number of carboxylic acid groups (broad SMARTS) is 1. The van der Waals surface area contributed by atoms with Crippen molar-refractivity contribution in [3.05, 3.63) is 38.7 Å². The van der Waals surface area contributed by atoms with Crippen LogP contribution in [0.3, 0.4) is 0 Å². The maximum atomic E-state index is 13.6. The van der Waals surface area contributed by atoms with E-state index in [-0.39, 0.29) is 24.6 Å². The summed E-state index contributed by atoms with van der Waals surface area (Å²) in [7, 11) is 0. The maximum Gasteiger partial charge on any atom is 0.326 e. The van der Waals surface area contributed by atoms with Gasteiger partial charge in [-0.15, -0.1) is 0 Å². The average molecular weight is 390 g/mol. The number of nitro groups is 1. The lowest BCUT2D eigenvalue weighted by atomic mass is 10.1. The maximum absolute atomic E-state index is 13.6. The number of aliphatic carboxylic acids is 1. The predicted molar refractivity (Wildman–Crippen MR) is 89.3 cm³/mol. The molecule has 26 heavy (non-hydrogen) atoms. The zero-order chi connectivity index (χ0) is 20.0. The molecular formula is C15H17ClFN3O6. The Morgan fingerprint density at radius 2 is 2.04 bits per heavy atom. The smallest absolute Gasteiger partial charge is 0.326 e. The number of carboxylic acids is 1. The number of carbonyl (C=O) groups excluding carboxylic acids is 2. The number of carbonyl (C=O) groups is 3. The monoisotopic (exact) mass is 389 g/mol. The van der Waals surface area contributed by atoms with Gasteiger partial charge in [0.15, 0.2) is 0 Å². The fourth-order valence-electron chi connectivity index (χ4n) is 2.17. The molecule has 0 aromatic heterocycles. The molecule has 1 aromatic carbocycles. The summed E-state index contributed by atoms with van der Waals surface area (Å²) in [5.41, 5.74) is -0.779. The molecule has 142 valence electrons. The van der Waals surface area contributed by atoms with Gasteiger partial charge in [0.25, 0.3) is 5.69 Å². The third-order valence-corrected chi connectivity index (χ3v) is 3.82. The largest absolute Gasteiger partial charge is 0.480 e. The lowest BCUT2D eigenvalue weighted by Gasteiger charge is -2.26. The van der Waals surface area contributed by atoms with E-state index < -0.39 is 45.8 Å². The molecule has 1 unspecified atom stereocenters. The molecule has 0 heterocycles. The van der Waals surface area contributed by atoms with Crippen LogP contribution in [0.25, 0.3) is 0 Å². The molecular weight excluding hydrogens is 373 g/mol. The zero-order valence-electron chi connectivity index (χ0n) is 14.0. The van der Waals surface area contributed by atoms with Crippen molar-refractivity contribution < 1.29 is 28.8 Å². The van der Waals surface area contributed by atoms with E-state index in [4.69, 9.17) is 16.7 Å². The lowest BCUT2D eigenvalue weighted by molar-refractivity contribution is -0.385. The van der Waals surface area contributed by atoms with Gasteiger partial charge in [0.2, 0.25) is 11.8 Å². The minimum absolute atomic E-state index is 0.00420. The Kier molecular flexibility index (Phi) is 7.44. The van der Waals surface area contributed by atoms with Crippen molar-refractivity contribution in [1.82, 2.24) is 10.2 Å². The fourth-order valence-corrected chi connectivity index (χ4v) is 2.33. The van der Waals surface area contributed by atoms with Crippen LogP contribution >= 0.6 is 11.6 Å².